The van der Waals surface area contributed by atoms with E-state index in [-0.39, 0.29) is 16.9 Å². The zero-order valence-corrected chi connectivity index (χ0v) is 24.6. The number of hydrogen-bond acceptors (Lipinski definition) is 7. The number of carbonyl (C=O) groups excluding carboxylic acids is 3. The van der Waals surface area contributed by atoms with E-state index in [4.69, 9.17) is 0 Å². The Hall–Kier alpha value is -3.71. The number of aryl methyl sites for hydroxylation is 1. The van der Waals surface area contributed by atoms with Crippen LogP contribution in [0.25, 0.3) is 5.76 Å². The van der Waals surface area contributed by atoms with Crippen molar-refractivity contribution in [1.29, 1.82) is 0 Å². The van der Waals surface area contributed by atoms with E-state index >= 15 is 0 Å². The summed E-state index contributed by atoms with van der Waals surface area (Å²) < 4.78 is 0. The molecule has 0 bridgehead atoms. The molecule has 41 heavy (non-hydrogen) atoms. The molecule has 2 aromatic carbocycles. The van der Waals surface area contributed by atoms with Gasteiger partial charge in [0.05, 0.1) is 5.56 Å². The number of carbonyl (C=O) groups is 3. The van der Waals surface area contributed by atoms with Crippen molar-refractivity contribution in [2.75, 3.05) is 0 Å². The second-order valence-electron chi connectivity index (χ2n) is 12.9. The van der Waals surface area contributed by atoms with Gasteiger partial charge in [0.1, 0.15) is 22.8 Å². The van der Waals surface area contributed by atoms with Crippen molar-refractivity contribution in [2.45, 2.75) is 66.4 Å². The molecular formula is C34H38O7. The molecular weight excluding hydrogens is 520 g/mol. The summed E-state index contributed by atoms with van der Waals surface area (Å²) in [5.74, 6) is -6.46. The fourth-order valence-corrected chi connectivity index (χ4v) is 8.42. The molecule has 3 aliphatic rings. The highest BCUT2D eigenvalue weighted by Gasteiger charge is 2.76. The van der Waals surface area contributed by atoms with Gasteiger partial charge in [-0.15, -0.1) is 0 Å². The lowest BCUT2D eigenvalue weighted by atomic mass is 9.37. The van der Waals surface area contributed by atoms with Crippen LogP contribution >= 0.6 is 0 Å². The third-order valence-corrected chi connectivity index (χ3v) is 10.7. The minimum absolute atomic E-state index is 0.104. The van der Waals surface area contributed by atoms with Crippen molar-refractivity contribution in [3.8, 4) is 5.75 Å². The third-order valence-electron chi connectivity index (χ3n) is 10.7. The molecule has 7 nitrogen and oxygen atoms in total. The van der Waals surface area contributed by atoms with E-state index in [1.54, 1.807) is 26.8 Å². The first-order valence-corrected chi connectivity index (χ1v) is 14.1. The van der Waals surface area contributed by atoms with Gasteiger partial charge in [-0.05, 0) is 55.2 Å². The molecule has 1 unspecified atom stereocenters. The van der Waals surface area contributed by atoms with Gasteiger partial charge in [-0.2, -0.15) is 0 Å². The van der Waals surface area contributed by atoms with Gasteiger partial charge < -0.3 is 20.4 Å². The zero-order valence-electron chi connectivity index (χ0n) is 24.6. The van der Waals surface area contributed by atoms with Crippen LogP contribution < -0.4 is 0 Å². The third kappa shape index (κ3) is 3.45. The Labute approximate surface area is 240 Å². The number of Topliss-reactive ketones (excluding diaryl/α,β-unsaturated/α-hetero) is 3. The Morgan fingerprint density at radius 2 is 1.61 bits per heavy atom. The average molecular weight is 559 g/mol. The highest BCUT2D eigenvalue weighted by Crippen LogP contribution is 2.70. The van der Waals surface area contributed by atoms with E-state index < -0.39 is 74.5 Å². The quantitative estimate of drug-likeness (QED) is 0.363. The molecule has 1 saturated carbocycles. The van der Waals surface area contributed by atoms with Gasteiger partial charge in [0.25, 0.3) is 0 Å². The molecule has 216 valence electrons. The summed E-state index contributed by atoms with van der Waals surface area (Å²) in [6.45, 7) is 12.1. The minimum atomic E-state index is -2.66. The van der Waals surface area contributed by atoms with Crippen molar-refractivity contribution < 1.29 is 34.8 Å². The van der Waals surface area contributed by atoms with Crippen LogP contribution in [0, 0.1) is 35.5 Å². The van der Waals surface area contributed by atoms with E-state index in [1.165, 1.54) is 6.07 Å². The first-order valence-electron chi connectivity index (χ1n) is 14.1. The van der Waals surface area contributed by atoms with Gasteiger partial charge in [-0.1, -0.05) is 76.6 Å². The summed E-state index contributed by atoms with van der Waals surface area (Å²) in [6, 6.07) is 12.9. The Morgan fingerprint density at radius 3 is 2.17 bits per heavy atom. The van der Waals surface area contributed by atoms with Crippen molar-refractivity contribution in [2.24, 2.45) is 28.6 Å². The van der Waals surface area contributed by atoms with Crippen molar-refractivity contribution in [3.63, 3.8) is 0 Å². The van der Waals surface area contributed by atoms with Crippen LogP contribution in [0.2, 0.25) is 0 Å². The highest BCUT2D eigenvalue weighted by atomic mass is 16.3. The van der Waals surface area contributed by atoms with E-state index in [9.17, 15) is 34.8 Å². The molecule has 1 fully saturated rings. The van der Waals surface area contributed by atoms with E-state index in [1.807, 2.05) is 51.1 Å². The van der Waals surface area contributed by atoms with Gasteiger partial charge in [-0.3, -0.25) is 14.4 Å². The number of allylic oxidation sites excluding steroid dienone is 1. The standard InChI is InChI=1S/C34H38O7/c1-16(2)26-28(37)24(18(4)35)30(39)34(41)31(40)27-29(38)25-21(9-8-10-23(25)36)22(15-20-13-11-17(3)12-14-20)32(27,6)19(5)33(26,34)7/h8-14,16,19,22,26,36,38-39,41H,15H2,1-7H3/t19-,22-,26?,32+,33-,34+/m1/s1. The van der Waals surface area contributed by atoms with Gasteiger partial charge in [0.2, 0.25) is 5.78 Å². The molecule has 3 aliphatic carbocycles. The molecule has 0 radical (unpaired) electrons. The predicted octanol–water partition coefficient (Wildman–Crippen LogP) is 5.53. The number of benzene rings is 2. The van der Waals surface area contributed by atoms with Crippen LogP contribution in [0.4, 0.5) is 0 Å². The molecule has 0 aromatic heterocycles. The summed E-state index contributed by atoms with van der Waals surface area (Å²) in [6.07, 6.45) is 0.441. The summed E-state index contributed by atoms with van der Waals surface area (Å²) in [5, 5.41) is 46.6. The molecule has 0 amide bonds. The number of aliphatic hydroxyl groups excluding tert-OH is 2. The first kappa shape index (κ1) is 28.8. The van der Waals surface area contributed by atoms with E-state index in [2.05, 4.69) is 0 Å². The topological polar surface area (TPSA) is 132 Å². The fourth-order valence-electron chi connectivity index (χ4n) is 8.42. The monoisotopic (exact) mass is 558 g/mol. The van der Waals surface area contributed by atoms with Crippen LogP contribution in [0.15, 0.2) is 59.4 Å². The number of phenols is 1. The molecule has 2 aromatic rings. The number of aromatic hydroxyl groups is 1. The number of phenolic OH excluding ortho intramolecular Hbond substituents is 1. The summed E-state index contributed by atoms with van der Waals surface area (Å²) in [5.41, 5.74) is -3.23. The number of rotatable bonds is 4. The first-order chi connectivity index (χ1) is 19.1. The average Bonchev–Trinajstić information content (AvgIpc) is 2.89. The lowest BCUT2D eigenvalue weighted by molar-refractivity contribution is -0.196. The van der Waals surface area contributed by atoms with Gasteiger partial charge in [0, 0.05) is 22.3 Å². The Kier molecular flexibility index (Phi) is 6.43. The summed E-state index contributed by atoms with van der Waals surface area (Å²) in [4.78, 5) is 41.3. The minimum Gasteiger partial charge on any atom is -0.508 e. The Balaban J connectivity index is 1.89. The molecule has 6 atom stereocenters. The van der Waals surface area contributed by atoms with Gasteiger partial charge in [-0.25, -0.2) is 0 Å². The second-order valence-corrected chi connectivity index (χ2v) is 12.9. The molecule has 0 spiro atoms. The van der Waals surface area contributed by atoms with Crippen molar-refractivity contribution in [3.05, 3.63) is 81.6 Å². The maximum atomic E-state index is 14.7. The summed E-state index contributed by atoms with van der Waals surface area (Å²) in [7, 11) is 0. The SMILES string of the molecule is CC(=O)C1=C(O)[C@]2(O)C(=O)C3=C(O)c4c(O)cccc4[C@@H](Cc4ccc(C)cc4)[C@]3(C)[C@@H](C)[C@]2(C)C(C(C)C)C1=O. The van der Waals surface area contributed by atoms with Crippen LogP contribution in [-0.2, 0) is 20.8 Å². The number of aliphatic hydroxyl groups is 3. The van der Waals surface area contributed by atoms with Crippen LogP contribution in [0.1, 0.15) is 69.7 Å². The molecule has 0 heterocycles. The molecule has 0 aliphatic heterocycles. The number of fused-ring (bicyclic) bond motifs is 3. The molecule has 0 saturated heterocycles. The van der Waals surface area contributed by atoms with Crippen LogP contribution in [0.3, 0.4) is 0 Å². The second kappa shape index (κ2) is 9.15. The number of hydrogen-bond donors (Lipinski definition) is 4. The molecule has 7 heteroatoms. The van der Waals surface area contributed by atoms with Crippen LogP contribution in [-0.4, -0.2) is 43.4 Å². The van der Waals surface area contributed by atoms with Gasteiger partial charge >= 0.3 is 0 Å². The maximum absolute atomic E-state index is 14.7. The highest BCUT2D eigenvalue weighted by molar-refractivity contribution is 6.24. The van der Waals surface area contributed by atoms with E-state index in [0.717, 1.165) is 18.1 Å². The van der Waals surface area contributed by atoms with Crippen molar-refractivity contribution >= 4 is 23.1 Å². The molecule has 4 N–H and O–H groups in total. The maximum Gasteiger partial charge on any atom is 0.203 e. The lowest BCUT2D eigenvalue weighted by Gasteiger charge is -2.65. The van der Waals surface area contributed by atoms with E-state index in [0.29, 0.717) is 12.0 Å². The fraction of sp³-hybridized carbons (Fsp3) is 0.441. The number of ketones is 3. The van der Waals surface area contributed by atoms with Gasteiger partial charge in [0.15, 0.2) is 17.2 Å². The lowest BCUT2D eigenvalue weighted by Crippen LogP contribution is -2.73. The summed E-state index contributed by atoms with van der Waals surface area (Å²) >= 11 is 0. The Morgan fingerprint density at radius 1 is 1.00 bits per heavy atom. The normalized spacial score (nSPS) is 33.0. The molecule has 5 rings (SSSR count). The van der Waals surface area contributed by atoms with Crippen LogP contribution in [0.5, 0.6) is 5.75 Å². The smallest absolute Gasteiger partial charge is 0.203 e. The predicted molar refractivity (Wildman–Crippen MR) is 154 cm³/mol. The zero-order chi connectivity index (χ0) is 30.4. The largest absolute Gasteiger partial charge is 0.508 e. The Bertz CT molecular complexity index is 1560. The van der Waals surface area contributed by atoms with Crippen molar-refractivity contribution in [1.82, 2.24) is 0 Å².